The maximum atomic E-state index is 13.2. The first-order valence-electron chi connectivity index (χ1n) is 12.3. The third kappa shape index (κ3) is 12.3. The van der Waals surface area contributed by atoms with Gasteiger partial charge in [0.05, 0.1) is 12.4 Å². The number of unbranched alkanes of at least 4 members (excludes halogenated alkanes) is 1. The number of H-pyrrole nitrogens is 1. The maximum absolute atomic E-state index is 13.2. The first-order valence-corrected chi connectivity index (χ1v) is 12.3. The quantitative estimate of drug-likeness (QED) is 0.101. The van der Waals surface area contributed by atoms with E-state index in [2.05, 4.69) is 25.9 Å². The number of carbonyl (C=O) groups is 5. The smallest absolute Gasteiger partial charge is 0.326 e. The number of amides is 4. The highest BCUT2D eigenvalue weighted by atomic mass is 16.4. The second kappa shape index (κ2) is 16.3. The van der Waals surface area contributed by atoms with Crippen molar-refractivity contribution < 1.29 is 29.1 Å². The second-order valence-corrected chi connectivity index (χ2v) is 9.33. The van der Waals surface area contributed by atoms with E-state index in [0.29, 0.717) is 31.5 Å². The highest BCUT2D eigenvalue weighted by Gasteiger charge is 2.30. The van der Waals surface area contributed by atoms with E-state index in [9.17, 15) is 29.1 Å². The number of aromatic amines is 1. The number of nitrogens with one attached hydrogen (secondary N) is 4. The Bertz CT molecular complexity index is 892. The molecule has 0 aliphatic rings. The fourth-order valence-electron chi connectivity index (χ4n) is 3.57. The SMILES string of the molecule is CC(C)CC(N)C(=O)NC(Cc1cnc[nH]1)C(=O)NC(CCCCN)C(=O)NC(CCC(N)=O)C(=O)O. The number of aromatic nitrogens is 2. The second-order valence-electron chi connectivity index (χ2n) is 9.33. The zero-order valence-electron chi connectivity index (χ0n) is 21.4. The summed E-state index contributed by atoms with van der Waals surface area (Å²) < 4.78 is 0. The number of rotatable bonds is 18. The zero-order valence-corrected chi connectivity index (χ0v) is 21.4. The molecule has 0 aliphatic heterocycles. The standard InChI is InChI=1S/C23H40N8O6/c1-13(2)9-15(25)20(33)31-18(10-14-11-27-12-28-14)22(35)29-16(5-3-4-8-24)21(34)30-17(23(36)37)6-7-19(26)32/h11-13,15-18H,3-10,24-25H2,1-2H3,(H2,26,32)(H,27,28)(H,29,35)(H,30,34)(H,31,33)(H,36,37). The van der Waals surface area contributed by atoms with E-state index in [4.69, 9.17) is 17.2 Å². The molecule has 0 aliphatic carbocycles. The Kier molecular flexibility index (Phi) is 13.9. The van der Waals surface area contributed by atoms with Crippen molar-refractivity contribution >= 4 is 29.6 Å². The molecule has 1 aromatic rings. The summed E-state index contributed by atoms with van der Waals surface area (Å²) in [6.45, 7) is 4.20. The molecule has 4 atom stereocenters. The molecule has 0 aromatic carbocycles. The monoisotopic (exact) mass is 524 g/mol. The van der Waals surface area contributed by atoms with Crippen LogP contribution in [0.3, 0.4) is 0 Å². The van der Waals surface area contributed by atoms with Gasteiger partial charge in [0.25, 0.3) is 0 Å². The van der Waals surface area contributed by atoms with Crippen molar-refractivity contribution in [1.29, 1.82) is 0 Å². The molecule has 11 N–H and O–H groups in total. The van der Waals surface area contributed by atoms with Crippen molar-refractivity contribution in [2.24, 2.45) is 23.1 Å². The maximum Gasteiger partial charge on any atom is 0.326 e. The molecule has 0 fully saturated rings. The lowest BCUT2D eigenvalue weighted by Crippen LogP contribution is -2.57. The van der Waals surface area contributed by atoms with Gasteiger partial charge in [-0.05, 0) is 44.6 Å². The number of primary amides is 1. The molecule has 1 rings (SSSR count). The fourth-order valence-corrected chi connectivity index (χ4v) is 3.57. The van der Waals surface area contributed by atoms with E-state index in [0.717, 1.165) is 0 Å². The predicted molar refractivity (Wildman–Crippen MR) is 134 cm³/mol. The number of nitrogens with two attached hydrogens (primary N) is 3. The Balaban J connectivity index is 3.04. The van der Waals surface area contributed by atoms with Gasteiger partial charge in [-0.1, -0.05) is 13.8 Å². The van der Waals surface area contributed by atoms with Crippen LogP contribution in [0.1, 0.15) is 58.1 Å². The molecule has 0 saturated heterocycles. The van der Waals surface area contributed by atoms with Gasteiger partial charge in [0.2, 0.25) is 23.6 Å². The predicted octanol–water partition coefficient (Wildman–Crippen LogP) is -1.74. The molecule has 0 bridgehead atoms. The Labute approximate surface area is 215 Å². The first kappa shape index (κ1) is 31.5. The molecule has 0 saturated carbocycles. The molecule has 1 aromatic heterocycles. The lowest BCUT2D eigenvalue weighted by Gasteiger charge is -2.25. The molecule has 4 amide bonds. The Morgan fingerprint density at radius 1 is 0.973 bits per heavy atom. The van der Waals surface area contributed by atoms with Crippen LogP contribution in [0.4, 0.5) is 0 Å². The van der Waals surface area contributed by atoms with Gasteiger partial charge in [-0.3, -0.25) is 19.2 Å². The van der Waals surface area contributed by atoms with Gasteiger partial charge in [-0.25, -0.2) is 9.78 Å². The minimum Gasteiger partial charge on any atom is -0.480 e. The van der Waals surface area contributed by atoms with Gasteiger partial charge in [0.15, 0.2) is 0 Å². The van der Waals surface area contributed by atoms with Crippen LogP contribution in [0.15, 0.2) is 12.5 Å². The summed E-state index contributed by atoms with van der Waals surface area (Å²) in [6, 6.07) is -4.40. The van der Waals surface area contributed by atoms with Crippen molar-refractivity contribution in [2.75, 3.05) is 6.54 Å². The van der Waals surface area contributed by atoms with Gasteiger partial charge in [0, 0.05) is 24.7 Å². The van der Waals surface area contributed by atoms with Crippen LogP contribution >= 0.6 is 0 Å². The normalized spacial score (nSPS) is 14.3. The van der Waals surface area contributed by atoms with Gasteiger partial charge in [-0.15, -0.1) is 0 Å². The number of carbonyl (C=O) groups excluding carboxylic acids is 4. The van der Waals surface area contributed by atoms with Crippen LogP contribution in [-0.2, 0) is 30.4 Å². The first-order chi connectivity index (χ1) is 17.4. The van der Waals surface area contributed by atoms with E-state index < -0.39 is 53.8 Å². The highest BCUT2D eigenvalue weighted by Crippen LogP contribution is 2.08. The van der Waals surface area contributed by atoms with Crippen molar-refractivity contribution in [1.82, 2.24) is 25.9 Å². The van der Waals surface area contributed by atoms with Crippen LogP contribution in [0, 0.1) is 5.92 Å². The minimum absolute atomic E-state index is 0.0550. The number of carboxylic acid groups (broad SMARTS) is 1. The van der Waals surface area contributed by atoms with Crippen LogP contribution in [0.25, 0.3) is 0 Å². The summed E-state index contributed by atoms with van der Waals surface area (Å²) in [4.78, 5) is 68.3. The molecule has 14 nitrogen and oxygen atoms in total. The summed E-state index contributed by atoms with van der Waals surface area (Å²) in [5, 5.41) is 17.0. The average Bonchev–Trinajstić information content (AvgIpc) is 3.32. The molecular weight excluding hydrogens is 484 g/mol. The van der Waals surface area contributed by atoms with Crippen molar-refractivity contribution in [2.45, 2.75) is 83.0 Å². The van der Waals surface area contributed by atoms with Gasteiger partial charge >= 0.3 is 5.97 Å². The lowest BCUT2D eigenvalue weighted by atomic mass is 10.0. The number of carboxylic acids is 1. The fraction of sp³-hybridized carbons (Fsp3) is 0.652. The number of hydrogen-bond acceptors (Lipinski definition) is 8. The molecule has 14 heteroatoms. The molecule has 1 heterocycles. The largest absolute Gasteiger partial charge is 0.480 e. The van der Waals surface area contributed by atoms with E-state index in [1.807, 2.05) is 13.8 Å². The van der Waals surface area contributed by atoms with E-state index in [1.165, 1.54) is 12.5 Å². The van der Waals surface area contributed by atoms with Gasteiger partial charge in [-0.2, -0.15) is 0 Å². The molecule has 4 unspecified atom stereocenters. The molecule has 0 spiro atoms. The van der Waals surface area contributed by atoms with E-state index in [-0.39, 0.29) is 31.6 Å². The molecule has 0 radical (unpaired) electrons. The van der Waals surface area contributed by atoms with Crippen LogP contribution in [0.5, 0.6) is 0 Å². The summed E-state index contributed by atoms with van der Waals surface area (Å²) in [7, 11) is 0. The Morgan fingerprint density at radius 2 is 1.59 bits per heavy atom. The highest BCUT2D eigenvalue weighted by molar-refractivity contribution is 5.94. The minimum atomic E-state index is -1.37. The average molecular weight is 525 g/mol. The lowest BCUT2D eigenvalue weighted by molar-refractivity contribution is -0.142. The molecule has 208 valence electrons. The Morgan fingerprint density at radius 3 is 2.14 bits per heavy atom. The number of hydrogen-bond donors (Lipinski definition) is 8. The third-order valence-corrected chi connectivity index (χ3v) is 5.55. The van der Waals surface area contributed by atoms with Crippen molar-refractivity contribution in [3.63, 3.8) is 0 Å². The van der Waals surface area contributed by atoms with E-state index in [1.54, 1.807) is 0 Å². The third-order valence-electron chi connectivity index (χ3n) is 5.55. The summed E-state index contributed by atoms with van der Waals surface area (Å²) in [6.07, 6.45) is 4.18. The van der Waals surface area contributed by atoms with Crippen LogP contribution in [0.2, 0.25) is 0 Å². The summed E-state index contributed by atoms with van der Waals surface area (Å²) in [5.41, 5.74) is 17.2. The van der Waals surface area contributed by atoms with E-state index >= 15 is 0 Å². The number of imidazole rings is 1. The Hall–Kier alpha value is -3.52. The topological polar surface area (TPSA) is 248 Å². The summed E-state index contributed by atoms with van der Waals surface area (Å²) in [5.74, 6) is -3.81. The van der Waals surface area contributed by atoms with Gasteiger partial charge in [0.1, 0.15) is 18.1 Å². The number of nitrogens with zero attached hydrogens (tertiary/aromatic N) is 1. The number of aliphatic carboxylic acids is 1. The van der Waals surface area contributed by atoms with Crippen LogP contribution < -0.4 is 33.2 Å². The van der Waals surface area contributed by atoms with Crippen molar-refractivity contribution in [3.05, 3.63) is 18.2 Å². The van der Waals surface area contributed by atoms with Crippen LogP contribution in [-0.4, -0.2) is 75.4 Å². The zero-order chi connectivity index (χ0) is 28.0. The molecular formula is C23H40N8O6. The summed E-state index contributed by atoms with van der Waals surface area (Å²) >= 11 is 0. The van der Waals surface area contributed by atoms with Gasteiger partial charge < -0.3 is 43.2 Å². The van der Waals surface area contributed by atoms with Crippen molar-refractivity contribution in [3.8, 4) is 0 Å². The molecule has 37 heavy (non-hydrogen) atoms.